The average Bonchev–Trinajstić information content (AvgIpc) is 3.26. The zero-order valence-corrected chi connectivity index (χ0v) is 17.5. The van der Waals surface area contributed by atoms with Crippen molar-refractivity contribution in [2.24, 2.45) is 0 Å². The highest BCUT2D eigenvalue weighted by atomic mass is 16.5. The van der Waals surface area contributed by atoms with Gasteiger partial charge in [-0.15, -0.1) is 0 Å². The van der Waals surface area contributed by atoms with Gasteiger partial charge in [0, 0.05) is 18.1 Å². The number of aliphatic hydroxyl groups is 1. The Hall–Kier alpha value is -3.49. The highest BCUT2D eigenvalue weighted by molar-refractivity contribution is 5.61. The Morgan fingerprint density at radius 2 is 1.77 bits per heavy atom. The van der Waals surface area contributed by atoms with Gasteiger partial charge >= 0.3 is 0 Å². The number of hydrogen-bond acceptors (Lipinski definition) is 5. The fraction of sp³-hybridized carbons (Fsp3) is 0.269. The molecule has 0 saturated heterocycles. The van der Waals surface area contributed by atoms with Crippen LogP contribution in [0.5, 0.6) is 17.2 Å². The molecule has 5 heteroatoms. The summed E-state index contributed by atoms with van der Waals surface area (Å²) in [5, 5.41) is 21.6. The van der Waals surface area contributed by atoms with Gasteiger partial charge in [-0.2, -0.15) is 5.26 Å². The van der Waals surface area contributed by atoms with Gasteiger partial charge in [0.15, 0.2) is 5.60 Å². The van der Waals surface area contributed by atoms with Crippen LogP contribution in [0.15, 0.2) is 66.7 Å². The Morgan fingerprint density at radius 3 is 2.42 bits per heavy atom. The summed E-state index contributed by atoms with van der Waals surface area (Å²) in [4.78, 5) is 0. The lowest BCUT2D eigenvalue weighted by molar-refractivity contribution is -0.106. The maximum Gasteiger partial charge on any atom is 0.174 e. The van der Waals surface area contributed by atoms with Crippen molar-refractivity contribution in [3.63, 3.8) is 0 Å². The summed E-state index contributed by atoms with van der Waals surface area (Å²) in [5.41, 5.74) is 0.796. The quantitative estimate of drug-likeness (QED) is 0.675. The van der Waals surface area contributed by atoms with E-state index in [2.05, 4.69) is 18.2 Å². The number of hydrogen-bond donors (Lipinski definition) is 1. The van der Waals surface area contributed by atoms with Gasteiger partial charge < -0.3 is 19.3 Å². The van der Waals surface area contributed by atoms with Gasteiger partial charge in [0.25, 0.3) is 0 Å². The summed E-state index contributed by atoms with van der Waals surface area (Å²) < 4.78 is 17.8. The molecule has 3 aromatic carbocycles. The summed E-state index contributed by atoms with van der Waals surface area (Å²) in [6.45, 7) is 0. The van der Waals surface area contributed by atoms with Crippen molar-refractivity contribution in [3.05, 3.63) is 89.0 Å². The Morgan fingerprint density at radius 1 is 1.03 bits per heavy atom. The smallest absolute Gasteiger partial charge is 0.174 e. The van der Waals surface area contributed by atoms with Crippen molar-refractivity contribution in [3.8, 4) is 23.3 Å². The van der Waals surface area contributed by atoms with E-state index in [-0.39, 0.29) is 5.92 Å². The van der Waals surface area contributed by atoms with Crippen molar-refractivity contribution in [1.82, 2.24) is 0 Å². The molecule has 5 rings (SSSR count). The van der Waals surface area contributed by atoms with Crippen LogP contribution in [0.25, 0.3) is 0 Å². The molecule has 1 N–H and O–H groups in total. The third-order valence-electron chi connectivity index (χ3n) is 6.72. The van der Waals surface area contributed by atoms with E-state index in [0.29, 0.717) is 34.8 Å². The molecule has 0 spiro atoms. The molecule has 31 heavy (non-hydrogen) atoms. The summed E-state index contributed by atoms with van der Waals surface area (Å²) in [6, 6.07) is 23.2. The van der Waals surface area contributed by atoms with Crippen LogP contribution in [0, 0.1) is 11.3 Å². The van der Waals surface area contributed by atoms with Crippen LogP contribution in [-0.2, 0) is 11.2 Å². The fourth-order valence-electron chi connectivity index (χ4n) is 5.38. The number of ether oxygens (including phenoxy) is 3. The van der Waals surface area contributed by atoms with Crippen molar-refractivity contribution >= 4 is 0 Å². The minimum absolute atomic E-state index is 0.0882. The van der Waals surface area contributed by atoms with Gasteiger partial charge in [0.05, 0.1) is 31.4 Å². The molecule has 3 aromatic rings. The lowest BCUT2D eigenvalue weighted by atomic mass is 9.71. The highest BCUT2D eigenvalue weighted by Gasteiger charge is 2.69. The Kier molecular flexibility index (Phi) is 4.42. The zero-order valence-electron chi connectivity index (χ0n) is 17.5. The molecule has 0 bridgehead atoms. The van der Waals surface area contributed by atoms with E-state index in [9.17, 15) is 10.4 Å². The topological polar surface area (TPSA) is 71.7 Å². The van der Waals surface area contributed by atoms with Crippen LogP contribution in [0.2, 0.25) is 0 Å². The van der Waals surface area contributed by atoms with Crippen LogP contribution in [0.4, 0.5) is 0 Å². The second kappa shape index (κ2) is 7.04. The Labute approximate surface area is 181 Å². The third-order valence-corrected chi connectivity index (χ3v) is 6.72. The summed E-state index contributed by atoms with van der Waals surface area (Å²) in [5.74, 6) is 1.62. The minimum atomic E-state index is -1.30. The SMILES string of the molecule is COc1cc(OC)c2c(c1)OC1(c3ccc(C#N)cc3)C(c3ccccc3)CCC21O. The lowest BCUT2D eigenvalue weighted by Crippen LogP contribution is -2.48. The molecule has 0 aromatic heterocycles. The Bertz CT molecular complexity index is 1170. The summed E-state index contributed by atoms with van der Waals surface area (Å²) in [7, 11) is 3.18. The second-order valence-corrected chi connectivity index (χ2v) is 8.09. The van der Waals surface area contributed by atoms with E-state index in [4.69, 9.17) is 14.2 Å². The van der Waals surface area contributed by atoms with Crippen LogP contribution >= 0.6 is 0 Å². The maximum absolute atomic E-state index is 12.3. The number of benzene rings is 3. The standard InChI is InChI=1S/C26H23NO4/c1-29-20-14-22(30-2)24-23(15-20)31-26(19-10-8-17(16-27)9-11-19)21(12-13-25(24,26)28)18-6-4-3-5-7-18/h3-11,14-15,21,28H,12-13H2,1-2H3. The minimum Gasteiger partial charge on any atom is -0.496 e. The van der Waals surface area contributed by atoms with Gasteiger partial charge in [-0.05, 0) is 36.1 Å². The molecule has 1 saturated carbocycles. The van der Waals surface area contributed by atoms with Crippen LogP contribution in [0.1, 0.15) is 41.0 Å². The van der Waals surface area contributed by atoms with E-state index in [1.165, 1.54) is 0 Å². The number of methoxy groups -OCH3 is 2. The molecule has 1 fully saturated rings. The maximum atomic E-state index is 12.3. The van der Waals surface area contributed by atoms with Gasteiger partial charge in [-0.3, -0.25) is 0 Å². The van der Waals surface area contributed by atoms with E-state index in [1.54, 1.807) is 32.4 Å². The largest absolute Gasteiger partial charge is 0.496 e. The first-order chi connectivity index (χ1) is 15.1. The number of fused-ring (bicyclic) bond motifs is 3. The first kappa shape index (κ1) is 19.5. The van der Waals surface area contributed by atoms with Crippen LogP contribution < -0.4 is 14.2 Å². The second-order valence-electron chi connectivity index (χ2n) is 8.09. The molecule has 1 heterocycles. The van der Waals surface area contributed by atoms with Gasteiger partial charge in [-0.1, -0.05) is 42.5 Å². The number of rotatable bonds is 4. The predicted molar refractivity (Wildman–Crippen MR) is 115 cm³/mol. The first-order valence-corrected chi connectivity index (χ1v) is 10.3. The van der Waals surface area contributed by atoms with E-state index >= 15 is 0 Å². The van der Waals surface area contributed by atoms with Crippen molar-refractivity contribution in [2.45, 2.75) is 30.0 Å². The Balaban J connectivity index is 1.78. The predicted octanol–water partition coefficient (Wildman–Crippen LogP) is 4.63. The van der Waals surface area contributed by atoms with Crippen molar-refractivity contribution in [1.29, 1.82) is 5.26 Å². The van der Waals surface area contributed by atoms with Crippen LogP contribution in [-0.4, -0.2) is 19.3 Å². The van der Waals surface area contributed by atoms with Gasteiger partial charge in [0.2, 0.25) is 0 Å². The molecule has 0 radical (unpaired) electrons. The van der Waals surface area contributed by atoms with Crippen LogP contribution in [0.3, 0.4) is 0 Å². The zero-order chi connectivity index (χ0) is 21.6. The molecule has 3 atom stereocenters. The molecule has 1 aliphatic heterocycles. The summed E-state index contributed by atoms with van der Waals surface area (Å²) in [6.07, 6.45) is 1.26. The molecule has 3 unspecified atom stereocenters. The lowest BCUT2D eigenvalue weighted by Gasteiger charge is -2.40. The van der Waals surface area contributed by atoms with E-state index in [1.807, 2.05) is 36.4 Å². The average molecular weight is 413 g/mol. The van der Waals surface area contributed by atoms with Crippen molar-refractivity contribution < 1.29 is 19.3 Å². The number of nitriles is 1. The van der Waals surface area contributed by atoms with Crippen molar-refractivity contribution in [2.75, 3.05) is 14.2 Å². The monoisotopic (exact) mass is 413 g/mol. The van der Waals surface area contributed by atoms with Gasteiger partial charge in [0.1, 0.15) is 22.8 Å². The normalized spacial score (nSPS) is 25.8. The molecule has 1 aliphatic carbocycles. The molecule has 2 aliphatic rings. The third kappa shape index (κ3) is 2.58. The van der Waals surface area contributed by atoms with Gasteiger partial charge in [-0.25, -0.2) is 0 Å². The highest BCUT2D eigenvalue weighted by Crippen LogP contribution is 2.68. The fourth-order valence-corrected chi connectivity index (χ4v) is 5.38. The number of nitrogens with zero attached hydrogens (tertiary/aromatic N) is 1. The molecule has 156 valence electrons. The summed E-state index contributed by atoms with van der Waals surface area (Å²) >= 11 is 0. The van der Waals surface area contributed by atoms with E-state index < -0.39 is 11.2 Å². The molecule has 0 amide bonds. The molecular weight excluding hydrogens is 390 g/mol. The first-order valence-electron chi connectivity index (χ1n) is 10.3. The molecule has 5 nitrogen and oxygen atoms in total. The van der Waals surface area contributed by atoms with E-state index in [0.717, 1.165) is 17.5 Å². The molecular formula is C26H23NO4.